The zero-order chi connectivity index (χ0) is 21.0. The van der Waals surface area contributed by atoms with Crippen LogP contribution in [0.15, 0.2) is 54.6 Å². The van der Waals surface area contributed by atoms with Gasteiger partial charge in [0.2, 0.25) is 5.95 Å². The Labute approximate surface area is 170 Å². The van der Waals surface area contributed by atoms with E-state index in [9.17, 15) is 9.18 Å². The SMILES string of the molecule is Cc1cc(C(=O)Nc2ccc(C(C)(C)C)cc2)nc(NCc2ccc(F)cc2)n1. The Kier molecular flexibility index (Phi) is 5.92. The molecule has 3 rings (SSSR count). The van der Waals surface area contributed by atoms with Crippen LogP contribution in [0, 0.1) is 12.7 Å². The number of nitrogens with one attached hydrogen (secondary N) is 2. The minimum atomic E-state index is -0.302. The number of benzene rings is 2. The number of hydrogen-bond donors (Lipinski definition) is 2. The average Bonchev–Trinajstić information content (AvgIpc) is 2.67. The molecule has 0 atom stereocenters. The number of amides is 1. The lowest BCUT2D eigenvalue weighted by molar-refractivity contribution is 0.102. The van der Waals surface area contributed by atoms with Gasteiger partial charge < -0.3 is 10.6 Å². The summed E-state index contributed by atoms with van der Waals surface area (Å²) >= 11 is 0. The van der Waals surface area contributed by atoms with E-state index < -0.39 is 0 Å². The fraction of sp³-hybridized carbons (Fsp3) is 0.261. The smallest absolute Gasteiger partial charge is 0.274 e. The second kappa shape index (κ2) is 8.39. The molecule has 0 aliphatic carbocycles. The maximum atomic E-state index is 13.0. The van der Waals surface area contributed by atoms with Crippen LogP contribution in [0.5, 0.6) is 0 Å². The van der Waals surface area contributed by atoms with Crippen molar-refractivity contribution in [3.8, 4) is 0 Å². The maximum absolute atomic E-state index is 13.0. The summed E-state index contributed by atoms with van der Waals surface area (Å²) in [7, 11) is 0. The van der Waals surface area contributed by atoms with Crippen LogP contribution in [0.2, 0.25) is 0 Å². The summed E-state index contributed by atoms with van der Waals surface area (Å²) in [6.45, 7) is 8.67. The Hall–Kier alpha value is -3.28. The third-order valence-electron chi connectivity index (χ3n) is 4.46. The zero-order valence-corrected chi connectivity index (χ0v) is 17.1. The Balaban J connectivity index is 1.69. The number of halogens is 1. The molecular weight excluding hydrogens is 367 g/mol. The highest BCUT2D eigenvalue weighted by Gasteiger charge is 2.14. The van der Waals surface area contributed by atoms with Crippen molar-refractivity contribution in [1.29, 1.82) is 0 Å². The molecule has 2 N–H and O–H groups in total. The fourth-order valence-corrected chi connectivity index (χ4v) is 2.80. The lowest BCUT2D eigenvalue weighted by Gasteiger charge is -2.19. The summed E-state index contributed by atoms with van der Waals surface area (Å²) in [5, 5.41) is 5.95. The van der Waals surface area contributed by atoms with Crippen molar-refractivity contribution in [3.05, 3.63) is 82.9 Å². The van der Waals surface area contributed by atoms with Crippen LogP contribution in [0.25, 0.3) is 0 Å². The molecule has 6 heteroatoms. The van der Waals surface area contributed by atoms with Gasteiger partial charge >= 0.3 is 0 Å². The molecule has 1 aromatic heterocycles. The number of nitrogens with zero attached hydrogens (tertiary/aromatic N) is 2. The van der Waals surface area contributed by atoms with Gasteiger partial charge in [0.25, 0.3) is 5.91 Å². The molecule has 3 aromatic rings. The topological polar surface area (TPSA) is 66.9 Å². The quantitative estimate of drug-likeness (QED) is 0.635. The van der Waals surface area contributed by atoms with Gasteiger partial charge in [-0.2, -0.15) is 0 Å². The van der Waals surface area contributed by atoms with Crippen LogP contribution in [0.1, 0.15) is 48.1 Å². The molecule has 29 heavy (non-hydrogen) atoms. The zero-order valence-electron chi connectivity index (χ0n) is 17.1. The number of carbonyl (C=O) groups excluding carboxylic acids is 1. The van der Waals surface area contributed by atoms with E-state index in [1.807, 2.05) is 24.3 Å². The normalized spacial score (nSPS) is 11.2. The lowest BCUT2D eigenvalue weighted by Crippen LogP contribution is -2.16. The summed E-state index contributed by atoms with van der Waals surface area (Å²) in [5.41, 5.74) is 3.80. The predicted octanol–water partition coefficient (Wildman–Crippen LogP) is 5.09. The first-order valence-corrected chi connectivity index (χ1v) is 9.46. The second-order valence-corrected chi connectivity index (χ2v) is 7.98. The third-order valence-corrected chi connectivity index (χ3v) is 4.46. The van der Waals surface area contributed by atoms with Crippen molar-refractivity contribution in [2.75, 3.05) is 10.6 Å². The number of carbonyl (C=O) groups is 1. The monoisotopic (exact) mass is 392 g/mol. The number of aromatic nitrogens is 2. The van der Waals surface area contributed by atoms with Gasteiger partial charge in [-0.1, -0.05) is 45.0 Å². The molecular formula is C23H25FN4O. The summed E-state index contributed by atoms with van der Waals surface area (Å²) in [4.78, 5) is 21.3. The van der Waals surface area contributed by atoms with E-state index in [1.165, 1.54) is 17.7 Å². The molecule has 2 aromatic carbocycles. The van der Waals surface area contributed by atoms with Crippen molar-refractivity contribution < 1.29 is 9.18 Å². The van der Waals surface area contributed by atoms with E-state index in [0.29, 0.717) is 23.9 Å². The number of aryl methyl sites for hydroxylation is 1. The molecule has 0 saturated carbocycles. The summed E-state index contributed by atoms with van der Waals surface area (Å²) in [6.07, 6.45) is 0. The number of anilines is 2. The van der Waals surface area contributed by atoms with E-state index in [1.54, 1.807) is 25.1 Å². The van der Waals surface area contributed by atoms with Crippen LogP contribution >= 0.6 is 0 Å². The van der Waals surface area contributed by atoms with Crippen LogP contribution in [0.3, 0.4) is 0 Å². The first-order chi connectivity index (χ1) is 13.7. The van der Waals surface area contributed by atoms with Gasteiger partial charge in [0, 0.05) is 17.9 Å². The Bertz CT molecular complexity index is 993. The van der Waals surface area contributed by atoms with E-state index in [-0.39, 0.29) is 22.8 Å². The number of hydrogen-bond acceptors (Lipinski definition) is 4. The summed E-state index contributed by atoms with van der Waals surface area (Å²) in [5.74, 6) is -0.235. The van der Waals surface area contributed by atoms with Gasteiger partial charge in [0.1, 0.15) is 11.5 Å². The van der Waals surface area contributed by atoms with Gasteiger partial charge in [0.05, 0.1) is 0 Å². The van der Waals surface area contributed by atoms with Crippen molar-refractivity contribution in [1.82, 2.24) is 9.97 Å². The molecule has 150 valence electrons. The lowest BCUT2D eigenvalue weighted by atomic mass is 9.87. The molecule has 0 radical (unpaired) electrons. The maximum Gasteiger partial charge on any atom is 0.274 e. The van der Waals surface area contributed by atoms with E-state index in [4.69, 9.17) is 0 Å². The van der Waals surface area contributed by atoms with Crippen molar-refractivity contribution in [3.63, 3.8) is 0 Å². The van der Waals surface area contributed by atoms with Gasteiger partial charge in [0.15, 0.2) is 0 Å². The standard InChI is InChI=1S/C23H25FN4O/c1-15-13-20(21(29)27-19-11-7-17(8-12-19)23(2,3)4)28-22(26-15)25-14-16-5-9-18(24)10-6-16/h5-13H,14H2,1-4H3,(H,27,29)(H,25,26,28). The summed E-state index contributed by atoms with van der Waals surface area (Å²) in [6, 6.07) is 15.6. The highest BCUT2D eigenvalue weighted by Crippen LogP contribution is 2.23. The summed E-state index contributed by atoms with van der Waals surface area (Å²) < 4.78 is 13.0. The second-order valence-electron chi connectivity index (χ2n) is 7.98. The van der Waals surface area contributed by atoms with Gasteiger partial charge in [-0.25, -0.2) is 14.4 Å². The molecule has 0 fully saturated rings. The van der Waals surface area contributed by atoms with Crippen molar-refractivity contribution in [2.24, 2.45) is 0 Å². The molecule has 0 aliphatic rings. The number of rotatable bonds is 5. The van der Waals surface area contributed by atoms with Gasteiger partial charge in [-0.3, -0.25) is 4.79 Å². The predicted molar refractivity (Wildman–Crippen MR) is 114 cm³/mol. The third kappa shape index (κ3) is 5.60. The largest absolute Gasteiger partial charge is 0.350 e. The highest BCUT2D eigenvalue weighted by molar-refractivity contribution is 6.03. The van der Waals surface area contributed by atoms with Gasteiger partial charge in [-0.15, -0.1) is 0 Å². The first-order valence-electron chi connectivity index (χ1n) is 9.46. The molecule has 0 unspecified atom stereocenters. The van der Waals surface area contributed by atoms with Crippen molar-refractivity contribution >= 4 is 17.5 Å². The molecule has 0 aliphatic heterocycles. The minimum Gasteiger partial charge on any atom is -0.350 e. The van der Waals surface area contributed by atoms with E-state index in [0.717, 1.165) is 5.56 Å². The average molecular weight is 392 g/mol. The minimum absolute atomic E-state index is 0.0530. The highest BCUT2D eigenvalue weighted by atomic mass is 19.1. The van der Waals surface area contributed by atoms with Crippen LogP contribution in [-0.4, -0.2) is 15.9 Å². The van der Waals surface area contributed by atoms with E-state index in [2.05, 4.69) is 41.4 Å². The molecule has 1 heterocycles. The van der Waals surface area contributed by atoms with Gasteiger partial charge in [-0.05, 0) is 53.8 Å². The van der Waals surface area contributed by atoms with Crippen LogP contribution in [-0.2, 0) is 12.0 Å². The molecule has 5 nitrogen and oxygen atoms in total. The Morgan fingerprint density at radius 1 is 1.00 bits per heavy atom. The van der Waals surface area contributed by atoms with Crippen LogP contribution in [0.4, 0.5) is 16.0 Å². The molecule has 1 amide bonds. The Morgan fingerprint density at radius 3 is 2.28 bits per heavy atom. The Morgan fingerprint density at radius 2 is 1.66 bits per heavy atom. The molecule has 0 spiro atoms. The van der Waals surface area contributed by atoms with Crippen molar-refractivity contribution in [2.45, 2.75) is 39.7 Å². The molecule has 0 bridgehead atoms. The first kappa shape index (κ1) is 20.5. The fourth-order valence-electron chi connectivity index (χ4n) is 2.80. The van der Waals surface area contributed by atoms with E-state index >= 15 is 0 Å². The molecule has 0 saturated heterocycles. The van der Waals surface area contributed by atoms with Crippen LogP contribution < -0.4 is 10.6 Å².